The second kappa shape index (κ2) is 6.59. The van der Waals surface area contributed by atoms with Crippen LogP contribution in [0.15, 0.2) is 36.7 Å². The SMILES string of the molecule is CC(Nc1ncc(F)c(Nc2cc(C3CC3)[nH]n2)n1)c1ccc2[nH]ccc2n1. The molecule has 0 saturated heterocycles. The zero-order valence-corrected chi connectivity index (χ0v) is 15.2. The van der Waals surface area contributed by atoms with E-state index >= 15 is 0 Å². The largest absolute Gasteiger partial charge is 0.360 e. The molecule has 142 valence electrons. The number of fused-ring (bicyclic) bond motifs is 1. The van der Waals surface area contributed by atoms with Gasteiger partial charge in [-0.25, -0.2) is 14.4 Å². The molecule has 0 bridgehead atoms. The molecule has 4 aromatic heterocycles. The normalized spacial score (nSPS) is 14.9. The molecule has 1 atom stereocenters. The van der Waals surface area contributed by atoms with E-state index in [9.17, 15) is 4.39 Å². The Labute approximate surface area is 160 Å². The van der Waals surface area contributed by atoms with Crippen LogP contribution >= 0.6 is 0 Å². The summed E-state index contributed by atoms with van der Waals surface area (Å²) in [6, 6.07) is 7.57. The Morgan fingerprint density at radius 2 is 2.11 bits per heavy atom. The molecule has 4 heterocycles. The lowest BCUT2D eigenvalue weighted by atomic mass is 10.2. The summed E-state index contributed by atoms with van der Waals surface area (Å²) < 4.78 is 14.2. The molecule has 1 unspecified atom stereocenters. The van der Waals surface area contributed by atoms with Gasteiger partial charge in [0.15, 0.2) is 17.5 Å². The van der Waals surface area contributed by atoms with E-state index in [2.05, 4.69) is 40.8 Å². The van der Waals surface area contributed by atoms with Crippen LogP contribution in [0.5, 0.6) is 0 Å². The van der Waals surface area contributed by atoms with Crippen LogP contribution in [0.3, 0.4) is 0 Å². The number of nitrogens with zero attached hydrogens (tertiary/aromatic N) is 4. The molecule has 9 heteroatoms. The highest BCUT2D eigenvalue weighted by atomic mass is 19.1. The fraction of sp³-hybridized carbons (Fsp3) is 0.263. The maximum absolute atomic E-state index is 14.2. The van der Waals surface area contributed by atoms with Crippen LogP contribution < -0.4 is 10.6 Å². The van der Waals surface area contributed by atoms with Crippen LogP contribution in [-0.4, -0.2) is 30.1 Å². The van der Waals surface area contributed by atoms with E-state index in [4.69, 9.17) is 0 Å². The molecule has 1 aliphatic carbocycles. The number of halogens is 1. The number of nitrogens with one attached hydrogen (secondary N) is 4. The molecule has 0 spiro atoms. The van der Waals surface area contributed by atoms with Crippen LogP contribution in [0.25, 0.3) is 11.0 Å². The van der Waals surface area contributed by atoms with E-state index in [1.807, 2.05) is 37.4 Å². The minimum Gasteiger partial charge on any atom is -0.360 e. The van der Waals surface area contributed by atoms with Crippen molar-refractivity contribution >= 4 is 28.6 Å². The standard InChI is InChI=1S/C19H19FN8/c1-10(13-4-5-14-15(24-13)6-7-21-14)23-19-22-9-12(20)18(26-19)25-17-8-16(27-28-17)11-2-3-11/h4-11,21H,2-3H2,1H3,(H3,22,23,25,26,27,28). The third kappa shape index (κ3) is 3.26. The Morgan fingerprint density at radius 3 is 2.96 bits per heavy atom. The molecule has 1 saturated carbocycles. The second-order valence-corrected chi connectivity index (χ2v) is 7.01. The lowest BCUT2D eigenvalue weighted by Crippen LogP contribution is -2.12. The van der Waals surface area contributed by atoms with Crippen molar-refractivity contribution < 1.29 is 4.39 Å². The van der Waals surface area contributed by atoms with Crippen molar-refractivity contribution in [2.45, 2.75) is 31.7 Å². The predicted molar refractivity (Wildman–Crippen MR) is 104 cm³/mol. The molecule has 0 aliphatic heterocycles. The zero-order valence-electron chi connectivity index (χ0n) is 15.2. The molecule has 4 aromatic rings. The molecule has 28 heavy (non-hydrogen) atoms. The second-order valence-electron chi connectivity index (χ2n) is 7.01. The van der Waals surface area contributed by atoms with Gasteiger partial charge in [-0.3, -0.25) is 5.10 Å². The highest BCUT2D eigenvalue weighted by molar-refractivity contribution is 5.74. The number of hydrogen-bond acceptors (Lipinski definition) is 6. The smallest absolute Gasteiger partial charge is 0.225 e. The number of H-pyrrole nitrogens is 2. The Bertz CT molecular complexity index is 1130. The van der Waals surface area contributed by atoms with E-state index in [1.165, 1.54) is 0 Å². The summed E-state index contributed by atoms with van der Waals surface area (Å²) in [5, 5.41) is 13.3. The lowest BCUT2D eigenvalue weighted by Gasteiger charge is -2.14. The fourth-order valence-electron chi connectivity index (χ4n) is 3.11. The molecule has 0 radical (unpaired) electrons. The molecular weight excluding hydrogens is 359 g/mol. The molecule has 1 fully saturated rings. The molecule has 4 N–H and O–H groups in total. The average Bonchev–Trinajstić information content (AvgIpc) is 3.25. The minimum absolute atomic E-state index is 0.0765. The van der Waals surface area contributed by atoms with Crippen LogP contribution in [0.2, 0.25) is 0 Å². The van der Waals surface area contributed by atoms with Gasteiger partial charge in [-0.15, -0.1) is 0 Å². The molecule has 0 amide bonds. The van der Waals surface area contributed by atoms with Crippen LogP contribution in [0.4, 0.5) is 22.0 Å². The summed E-state index contributed by atoms with van der Waals surface area (Å²) in [6.07, 6.45) is 5.32. The molecule has 1 aliphatic rings. The molecule has 0 aromatic carbocycles. The molecule has 5 rings (SSSR count). The van der Waals surface area contributed by atoms with Gasteiger partial charge in [-0.1, -0.05) is 0 Å². The van der Waals surface area contributed by atoms with E-state index in [0.29, 0.717) is 17.7 Å². The lowest BCUT2D eigenvalue weighted by molar-refractivity contribution is 0.618. The maximum atomic E-state index is 14.2. The van der Waals surface area contributed by atoms with Crippen molar-refractivity contribution in [3.05, 3.63) is 53.9 Å². The first-order valence-electron chi connectivity index (χ1n) is 9.21. The monoisotopic (exact) mass is 378 g/mol. The van der Waals surface area contributed by atoms with Crippen molar-refractivity contribution in [3.8, 4) is 0 Å². The third-order valence-electron chi connectivity index (χ3n) is 4.82. The van der Waals surface area contributed by atoms with Crippen LogP contribution in [0.1, 0.15) is 43.1 Å². The summed E-state index contributed by atoms with van der Waals surface area (Å²) in [5.74, 6) is 0.929. The van der Waals surface area contributed by atoms with Crippen LogP contribution in [0, 0.1) is 5.82 Å². The first-order valence-corrected chi connectivity index (χ1v) is 9.21. The van der Waals surface area contributed by atoms with Gasteiger partial charge in [0.05, 0.1) is 29.0 Å². The van der Waals surface area contributed by atoms with Crippen molar-refractivity contribution in [1.29, 1.82) is 0 Å². The van der Waals surface area contributed by atoms with Gasteiger partial charge in [0.25, 0.3) is 0 Å². The van der Waals surface area contributed by atoms with Crippen LogP contribution in [-0.2, 0) is 0 Å². The summed E-state index contributed by atoms with van der Waals surface area (Å²) >= 11 is 0. The van der Waals surface area contributed by atoms with E-state index in [1.54, 1.807) is 0 Å². The number of aromatic nitrogens is 6. The summed E-state index contributed by atoms with van der Waals surface area (Å²) in [5.41, 5.74) is 3.77. The minimum atomic E-state index is -0.541. The van der Waals surface area contributed by atoms with Gasteiger partial charge >= 0.3 is 0 Å². The van der Waals surface area contributed by atoms with E-state index in [-0.39, 0.29) is 11.9 Å². The Kier molecular flexibility index (Phi) is 3.92. The number of hydrogen-bond donors (Lipinski definition) is 4. The zero-order chi connectivity index (χ0) is 19.1. The van der Waals surface area contributed by atoms with Gasteiger partial charge in [-0.05, 0) is 38.0 Å². The Balaban J connectivity index is 1.33. The summed E-state index contributed by atoms with van der Waals surface area (Å²) in [4.78, 5) is 16.0. The topological polar surface area (TPSA) is 107 Å². The first-order chi connectivity index (χ1) is 13.7. The quantitative estimate of drug-likeness (QED) is 0.404. The Hall–Kier alpha value is -3.49. The predicted octanol–water partition coefficient (Wildman–Crippen LogP) is 4.01. The van der Waals surface area contributed by atoms with E-state index < -0.39 is 5.82 Å². The van der Waals surface area contributed by atoms with Gasteiger partial charge in [0, 0.05) is 23.9 Å². The number of rotatable bonds is 6. The number of aromatic amines is 2. The maximum Gasteiger partial charge on any atom is 0.225 e. The van der Waals surface area contributed by atoms with Gasteiger partial charge in [-0.2, -0.15) is 10.1 Å². The highest BCUT2D eigenvalue weighted by Crippen LogP contribution is 2.39. The highest BCUT2D eigenvalue weighted by Gasteiger charge is 2.25. The van der Waals surface area contributed by atoms with Crippen molar-refractivity contribution in [3.63, 3.8) is 0 Å². The van der Waals surface area contributed by atoms with E-state index in [0.717, 1.165) is 41.5 Å². The first kappa shape index (κ1) is 16.7. The van der Waals surface area contributed by atoms with Gasteiger partial charge in [0.1, 0.15) is 0 Å². The summed E-state index contributed by atoms with van der Waals surface area (Å²) in [6.45, 7) is 1.95. The number of anilines is 3. The van der Waals surface area contributed by atoms with Crippen molar-refractivity contribution in [2.24, 2.45) is 0 Å². The average molecular weight is 378 g/mol. The fourth-order valence-corrected chi connectivity index (χ4v) is 3.11. The van der Waals surface area contributed by atoms with Gasteiger partial charge in [0.2, 0.25) is 5.95 Å². The van der Waals surface area contributed by atoms with Crippen molar-refractivity contribution in [2.75, 3.05) is 10.6 Å². The number of pyridine rings is 1. The Morgan fingerprint density at radius 1 is 1.21 bits per heavy atom. The van der Waals surface area contributed by atoms with Gasteiger partial charge < -0.3 is 15.6 Å². The summed E-state index contributed by atoms with van der Waals surface area (Å²) in [7, 11) is 0. The molecular formula is C19H19FN8. The third-order valence-corrected chi connectivity index (χ3v) is 4.82. The molecule has 8 nitrogen and oxygen atoms in total. The van der Waals surface area contributed by atoms with Crippen molar-refractivity contribution in [1.82, 2.24) is 30.1 Å².